The molecule has 3 heteroatoms. The summed E-state index contributed by atoms with van der Waals surface area (Å²) in [4.78, 5) is 2.39. The highest BCUT2D eigenvalue weighted by atomic mass is 16.5. The third kappa shape index (κ3) is 3.47. The normalized spacial score (nSPS) is 22.7. The van der Waals surface area contributed by atoms with Gasteiger partial charge in [0.2, 0.25) is 0 Å². The van der Waals surface area contributed by atoms with Crippen LogP contribution in [0.4, 0.5) is 0 Å². The Hall–Kier alpha value is -1.06. The highest BCUT2D eigenvalue weighted by Crippen LogP contribution is 2.23. The van der Waals surface area contributed by atoms with E-state index < -0.39 is 0 Å². The van der Waals surface area contributed by atoms with Crippen molar-refractivity contribution in [3.8, 4) is 5.75 Å². The number of piperidine rings is 1. The zero-order valence-corrected chi connectivity index (χ0v) is 11.4. The van der Waals surface area contributed by atoms with Crippen molar-refractivity contribution < 1.29 is 4.74 Å². The Bertz CT molecular complexity index is 363. The predicted molar refractivity (Wildman–Crippen MR) is 74.6 cm³/mol. The molecule has 1 aliphatic heterocycles. The molecular formula is C15H24N2O. The molecular weight excluding hydrogens is 224 g/mol. The molecule has 1 saturated heterocycles. The van der Waals surface area contributed by atoms with Crippen molar-refractivity contribution in [3.63, 3.8) is 0 Å². The smallest absolute Gasteiger partial charge is 0.119 e. The maximum atomic E-state index is 6.03. The van der Waals surface area contributed by atoms with Gasteiger partial charge in [0.05, 0.1) is 6.10 Å². The molecule has 1 heterocycles. The van der Waals surface area contributed by atoms with E-state index in [2.05, 4.69) is 18.9 Å². The van der Waals surface area contributed by atoms with Gasteiger partial charge in [-0.1, -0.05) is 12.1 Å². The van der Waals surface area contributed by atoms with Crippen molar-refractivity contribution in [1.29, 1.82) is 0 Å². The third-order valence-corrected chi connectivity index (χ3v) is 3.81. The largest absolute Gasteiger partial charge is 0.490 e. The molecule has 3 nitrogen and oxygen atoms in total. The second-order valence-corrected chi connectivity index (χ2v) is 5.34. The molecule has 0 bridgehead atoms. The van der Waals surface area contributed by atoms with E-state index in [-0.39, 0.29) is 6.10 Å². The topological polar surface area (TPSA) is 38.5 Å². The van der Waals surface area contributed by atoms with E-state index in [1.165, 1.54) is 19.4 Å². The first-order valence-electron chi connectivity index (χ1n) is 6.83. The summed E-state index contributed by atoms with van der Waals surface area (Å²) in [5.41, 5.74) is 6.73. The van der Waals surface area contributed by atoms with Gasteiger partial charge in [0.1, 0.15) is 5.75 Å². The Labute approximate surface area is 110 Å². The molecule has 1 aliphatic rings. The fraction of sp³-hybridized carbons (Fsp3) is 0.600. The van der Waals surface area contributed by atoms with Crippen molar-refractivity contribution in [3.05, 3.63) is 29.8 Å². The number of ether oxygens (including phenoxy) is 1. The first-order valence-corrected chi connectivity index (χ1v) is 6.83. The number of hydrogen-bond donors (Lipinski definition) is 1. The van der Waals surface area contributed by atoms with Crippen molar-refractivity contribution >= 4 is 0 Å². The summed E-state index contributed by atoms with van der Waals surface area (Å²) in [6.07, 6.45) is 2.82. The van der Waals surface area contributed by atoms with Crippen LogP contribution in [0.25, 0.3) is 0 Å². The lowest BCUT2D eigenvalue weighted by Gasteiger charge is -2.33. The fourth-order valence-electron chi connectivity index (χ4n) is 2.60. The van der Waals surface area contributed by atoms with E-state index in [0.29, 0.717) is 12.5 Å². The zero-order valence-electron chi connectivity index (χ0n) is 11.4. The van der Waals surface area contributed by atoms with Crippen molar-refractivity contribution in [2.45, 2.75) is 32.4 Å². The summed E-state index contributed by atoms with van der Waals surface area (Å²) in [5.74, 6) is 1.59. The minimum Gasteiger partial charge on any atom is -0.490 e. The van der Waals surface area contributed by atoms with Crippen molar-refractivity contribution in [2.75, 3.05) is 20.1 Å². The van der Waals surface area contributed by atoms with Gasteiger partial charge >= 0.3 is 0 Å². The minimum absolute atomic E-state index is 0.275. The quantitative estimate of drug-likeness (QED) is 0.888. The molecule has 0 amide bonds. The summed E-state index contributed by atoms with van der Waals surface area (Å²) in [5, 5.41) is 0. The van der Waals surface area contributed by atoms with Gasteiger partial charge in [-0.15, -0.1) is 0 Å². The summed E-state index contributed by atoms with van der Waals surface area (Å²) < 4.78 is 6.03. The van der Waals surface area contributed by atoms with Gasteiger partial charge in [0.25, 0.3) is 0 Å². The molecule has 100 valence electrons. The van der Waals surface area contributed by atoms with Gasteiger partial charge in [0.15, 0.2) is 0 Å². The Morgan fingerprint density at radius 1 is 1.39 bits per heavy atom. The number of likely N-dealkylation sites (tertiary alicyclic amines) is 1. The van der Waals surface area contributed by atoms with E-state index in [0.717, 1.165) is 17.9 Å². The summed E-state index contributed by atoms with van der Waals surface area (Å²) in [6.45, 7) is 5.13. The van der Waals surface area contributed by atoms with Crippen LogP contribution in [0.15, 0.2) is 24.3 Å². The number of rotatable bonds is 4. The Kier molecular flexibility index (Phi) is 4.61. The minimum atomic E-state index is 0.275. The number of hydrogen-bond acceptors (Lipinski definition) is 3. The Morgan fingerprint density at radius 3 is 2.72 bits per heavy atom. The molecule has 2 unspecified atom stereocenters. The van der Waals surface area contributed by atoms with Crippen LogP contribution in [0.3, 0.4) is 0 Å². The van der Waals surface area contributed by atoms with Crippen LogP contribution >= 0.6 is 0 Å². The molecule has 0 aromatic heterocycles. The van der Waals surface area contributed by atoms with Crippen LogP contribution < -0.4 is 10.5 Å². The van der Waals surface area contributed by atoms with E-state index in [4.69, 9.17) is 10.5 Å². The summed E-state index contributed by atoms with van der Waals surface area (Å²) in [7, 11) is 2.19. The molecule has 2 atom stereocenters. The molecule has 0 saturated carbocycles. The number of benzene rings is 1. The molecule has 2 N–H and O–H groups in total. The molecule has 1 aromatic carbocycles. The van der Waals surface area contributed by atoms with Crippen LogP contribution in [-0.4, -0.2) is 31.1 Å². The highest BCUT2D eigenvalue weighted by Gasteiger charge is 2.23. The SMILES string of the molecule is CC(Oc1ccc(CN)cc1)C1CCCN(C)C1. The molecule has 2 rings (SSSR count). The van der Waals surface area contributed by atoms with Gasteiger partial charge in [0, 0.05) is 19.0 Å². The van der Waals surface area contributed by atoms with Crippen LogP contribution in [0.2, 0.25) is 0 Å². The second-order valence-electron chi connectivity index (χ2n) is 5.34. The number of nitrogens with two attached hydrogens (primary N) is 1. The highest BCUT2D eigenvalue weighted by molar-refractivity contribution is 5.27. The predicted octanol–water partition coefficient (Wildman–Crippen LogP) is 2.25. The fourth-order valence-corrected chi connectivity index (χ4v) is 2.60. The van der Waals surface area contributed by atoms with Crippen LogP contribution in [0, 0.1) is 5.92 Å². The summed E-state index contributed by atoms with van der Waals surface area (Å²) >= 11 is 0. The van der Waals surface area contributed by atoms with E-state index in [1.807, 2.05) is 24.3 Å². The van der Waals surface area contributed by atoms with E-state index in [9.17, 15) is 0 Å². The monoisotopic (exact) mass is 248 g/mol. The first-order chi connectivity index (χ1) is 8.69. The summed E-state index contributed by atoms with van der Waals surface area (Å²) in [6, 6.07) is 8.11. The standard InChI is InChI=1S/C15H24N2O/c1-12(14-4-3-9-17(2)11-14)18-15-7-5-13(10-16)6-8-15/h5-8,12,14H,3-4,9-11,16H2,1-2H3. The molecule has 18 heavy (non-hydrogen) atoms. The van der Waals surface area contributed by atoms with Gasteiger partial charge < -0.3 is 15.4 Å². The Morgan fingerprint density at radius 2 is 2.11 bits per heavy atom. The molecule has 0 aliphatic carbocycles. The maximum Gasteiger partial charge on any atom is 0.119 e. The molecule has 1 fully saturated rings. The molecule has 0 radical (unpaired) electrons. The lowest BCUT2D eigenvalue weighted by atomic mass is 9.93. The van der Waals surface area contributed by atoms with E-state index >= 15 is 0 Å². The third-order valence-electron chi connectivity index (χ3n) is 3.81. The van der Waals surface area contributed by atoms with Gasteiger partial charge in [-0.25, -0.2) is 0 Å². The zero-order chi connectivity index (χ0) is 13.0. The average Bonchev–Trinajstić information content (AvgIpc) is 2.39. The Balaban J connectivity index is 1.91. The van der Waals surface area contributed by atoms with E-state index in [1.54, 1.807) is 0 Å². The van der Waals surface area contributed by atoms with Crippen molar-refractivity contribution in [1.82, 2.24) is 4.90 Å². The van der Waals surface area contributed by atoms with Gasteiger partial charge in [-0.3, -0.25) is 0 Å². The van der Waals surface area contributed by atoms with Crippen molar-refractivity contribution in [2.24, 2.45) is 11.7 Å². The lowest BCUT2D eigenvalue weighted by molar-refractivity contribution is 0.0901. The molecule has 1 aromatic rings. The van der Waals surface area contributed by atoms with Crippen LogP contribution in [-0.2, 0) is 6.54 Å². The average molecular weight is 248 g/mol. The van der Waals surface area contributed by atoms with Crippen LogP contribution in [0.1, 0.15) is 25.3 Å². The van der Waals surface area contributed by atoms with Gasteiger partial charge in [-0.2, -0.15) is 0 Å². The lowest BCUT2D eigenvalue weighted by Crippen LogP contribution is -2.39. The first kappa shape index (κ1) is 13.4. The number of nitrogens with zero attached hydrogens (tertiary/aromatic N) is 1. The molecule has 0 spiro atoms. The maximum absolute atomic E-state index is 6.03. The second kappa shape index (κ2) is 6.21. The van der Waals surface area contributed by atoms with Gasteiger partial charge in [-0.05, 0) is 51.1 Å². The van der Waals surface area contributed by atoms with Crippen LogP contribution in [0.5, 0.6) is 5.75 Å².